The Hall–Kier alpha value is -1.38. The van der Waals surface area contributed by atoms with Crippen molar-refractivity contribution in [1.82, 2.24) is 0 Å². The summed E-state index contributed by atoms with van der Waals surface area (Å²) in [6.07, 6.45) is 0. The molecule has 0 aliphatic heterocycles. The molecule has 0 saturated carbocycles. The van der Waals surface area contributed by atoms with Gasteiger partial charge in [-0.25, -0.2) is 0 Å². The molecule has 0 aromatic heterocycles. The summed E-state index contributed by atoms with van der Waals surface area (Å²) >= 11 is 12.0. The number of rotatable bonds is 3. The number of anilines is 2. The molecule has 4 heteroatoms. The van der Waals surface area contributed by atoms with E-state index in [2.05, 4.69) is 5.32 Å². The fourth-order valence-electron chi connectivity index (χ4n) is 1.51. The van der Waals surface area contributed by atoms with Gasteiger partial charge in [-0.3, -0.25) is 0 Å². The van der Waals surface area contributed by atoms with Gasteiger partial charge in [0.1, 0.15) is 0 Å². The van der Waals surface area contributed by atoms with E-state index in [1.807, 2.05) is 24.3 Å². The smallest absolute Gasteiger partial charge is 0.0591 e. The Morgan fingerprint density at radius 2 is 1.82 bits per heavy atom. The molecule has 0 bridgehead atoms. The minimum atomic E-state index is 0.615. The zero-order valence-corrected chi connectivity index (χ0v) is 10.6. The van der Waals surface area contributed by atoms with Gasteiger partial charge in [-0.05, 0) is 29.8 Å². The first-order valence-electron chi connectivity index (χ1n) is 5.19. The molecule has 2 aromatic carbocycles. The van der Waals surface area contributed by atoms with Crippen molar-refractivity contribution in [3.05, 3.63) is 58.1 Å². The van der Waals surface area contributed by atoms with Crippen LogP contribution in [-0.2, 0) is 6.54 Å². The molecule has 2 aromatic rings. The molecular weight excluding hydrogens is 255 g/mol. The average molecular weight is 267 g/mol. The van der Waals surface area contributed by atoms with Crippen LogP contribution in [-0.4, -0.2) is 0 Å². The summed E-state index contributed by atoms with van der Waals surface area (Å²) in [7, 11) is 0. The van der Waals surface area contributed by atoms with E-state index in [-0.39, 0.29) is 0 Å². The largest absolute Gasteiger partial charge is 0.397 e. The van der Waals surface area contributed by atoms with Crippen molar-refractivity contribution in [1.29, 1.82) is 0 Å². The van der Waals surface area contributed by atoms with Gasteiger partial charge in [-0.1, -0.05) is 41.4 Å². The minimum Gasteiger partial charge on any atom is -0.397 e. The number of nitrogens with one attached hydrogen (secondary N) is 1. The van der Waals surface area contributed by atoms with Gasteiger partial charge >= 0.3 is 0 Å². The van der Waals surface area contributed by atoms with Gasteiger partial charge in [0.25, 0.3) is 0 Å². The van der Waals surface area contributed by atoms with Crippen molar-refractivity contribution in [2.75, 3.05) is 11.1 Å². The van der Waals surface area contributed by atoms with Gasteiger partial charge < -0.3 is 11.1 Å². The first-order valence-corrected chi connectivity index (χ1v) is 5.95. The number of benzene rings is 2. The quantitative estimate of drug-likeness (QED) is 0.818. The standard InChI is InChI=1S/C13H12Cl2N2/c14-10-5-6-12(16)13(7-10)17-8-9-3-1-2-4-11(9)15/h1-7,17H,8,16H2. The number of nitrogen functional groups attached to an aromatic ring is 1. The molecule has 0 radical (unpaired) electrons. The minimum absolute atomic E-state index is 0.615. The summed E-state index contributed by atoms with van der Waals surface area (Å²) in [5, 5.41) is 4.61. The van der Waals surface area contributed by atoms with Crippen molar-refractivity contribution in [2.24, 2.45) is 0 Å². The Labute approximate surface area is 110 Å². The number of hydrogen-bond acceptors (Lipinski definition) is 2. The summed E-state index contributed by atoms with van der Waals surface area (Å²) in [6, 6.07) is 13.0. The van der Waals surface area contributed by atoms with Gasteiger partial charge in [-0.2, -0.15) is 0 Å². The summed E-state index contributed by atoms with van der Waals surface area (Å²) < 4.78 is 0. The van der Waals surface area contributed by atoms with E-state index < -0.39 is 0 Å². The molecular formula is C13H12Cl2N2. The second-order valence-electron chi connectivity index (χ2n) is 3.68. The molecule has 0 aliphatic carbocycles. The second-order valence-corrected chi connectivity index (χ2v) is 4.52. The molecule has 0 aliphatic rings. The lowest BCUT2D eigenvalue weighted by atomic mass is 10.2. The fraction of sp³-hybridized carbons (Fsp3) is 0.0769. The molecule has 0 heterocycles. The maximum atomic E-state index is 6.06. The van der Waals surface area contributed by atoms with Gasteiger partial charge in [-0.15, -0.1) is 0 Å². The zero-order chi connectivity index (χ0) is 12.3. The van der Waals surface area contributed by atoms with Crippen molar-refractivity contribution in [3.8, 4) is 0 Å². The van der Waals surface area contributed by atoms with Crippen LogP contribution >= 0.6 is 23.2 Å². The van der Waals surface area contributed by atoms with Crippen molar-refractivity contribution in [2.45, 2.75) is 6.54 Å². The molecule has 2 rings (SSSR count). The van der Waals surface area contributed by atoms with Gasteiger partial charge in [0, 0.05) is 16.6 Å². The highest BCUT2D eigenvalue weighted by molar-refractivity contribution is 6.31. The Bertz CT molecular complexity index is 527. The van der Waals surface area contributed by atoms with E-state index in [4.69, 9.17) is 28.9 Å². The van der Waals surface area contributed by atoms with E-state index in [0.29, 0.717) is 17.3 Å². The van der Waals surface area contributed by atoms with E-state index in [0.717, 1.165) is 16.3 Å². The van der Waals surface area contributed by atoms with Crippen LogP contribution in [0.5, 0.6) is 0 Å². The van der Waals surface area contributed by atoms with Crippen LogP contribution in [0.2, 0.25) is 10.0 Å². The molecule has 0 atom stereocenters. The van der Waals surface area contributed by atoms with Crippen LogP contribution < -0.4 is 11.1 Å². The second kappa shape index (κ2) is 5.30. The van der Waals surface area contributed by atoms with Crippen LogP contribution in [0, 0.1) is 0 Å². The number of halogens is 2. The first kappa shape index (κ1) is 12.1. The molecule has 0 saturated heterocycles. The molecule has 3 N–H and O–H groups in total. The molecule has 0 amide bonds. The van der Waals surface area contributed by atoms with Gasteiger partial charge in [0.15, 0.2) is 0 Å². The number of hydrogen-bond donors (Lipinski definition) is 2. The van der Waals surface area contributed by atoms with Crippen LogP contribution in [0.4, 0.5) is 11.4 Å². The van der Waals surface area contributed by atoms with Crippen LogP contribution in [0.15, 0.2) is 42.5 Å². The monoisotopic (exact) mass is 266 g/mol. The predicted molar refractivity (Wildman–Crippen MR) is 74.6 cm³/mol. The maximum absolute atomic E-state index is 6.06. The highest BCUT2D eigenvalue weighted by Crippen LogP contribution is 2.24. The lowest BCUT2D eigenvalue weighted by Crippen LogP contribution is -2.02. The first-order chi connectivity index (χ1) is 8.16. The third-order valence-electron chi connectivity index (χ3n) is 2.44. The van der Waals surface area contributed by atoms with Crippen LogP contribution in [0.3, 0.4) is 0 Å². The molecule has 0 fully saturated rings. The van der Waals surface area contributed by atoms with E-state index in [9.17, 15) is 0 Å². The van der Waals surface area contributed by atoms with Crippen molar-refractivity contribution in [3.63, 3.8) is 0 Å². The van der Waals surface area contributed by atoms with Crippen molar-refractivity contribution >= 4 is 34.6 Å². The van der Waals surface area contributed by atoms with Crippen LogP contribution in [0.25, 0.3) is 0 Å². The van der Waals surface area contributed by atoms with Gasteiger partial charge in [0.2, 0.25) is 0 Å². The van der Waals surface area contributed by atoms with E-state index >= 15 is 0 Å². The lowest BCUT2D eigenvalue weighted by molar-refractivity contribution is 1.15. The highest BCUT2D eigenvalue weighted by atomic mass is 35.5. The zero-order valence-electron chi connectivity index (χ0n) is 9.08. The summed E-state index contributed by atoms with van der Waals surface area (Å²) in [5.41, 5.74) is 8.34. The normalized spacial score (nSPS) is 10.2. The molecule has 0 unspecified atom stereocenters. The third-order valence-corrected chi connectivity index (χ3v) is 3.05. The Kier molecular flexibility index (Phi) is 3.77. The van der Waals surface area contributed by atoms with Crippen molar-refractivity contribution < 1.29 is 0 Å². The SMILES string of the molecule is Nc1ccc(Cl)cc1NCc1ccccc1Cl. The van der Waals surface area contributed by atoms with Gasteiger partial charge in [0.05, 0.1) is 11.4 Å². The van der Waals surface area contributed by atoms with E-state index in [1.54, 1.807) is 18.2 Å². The Morgan fingerprint density at radius 1 is 1.06 bits per heavy atom. The average Bonchev–Trinajstić information content (AvgIpc) is 2.32. The summed E-state index contributed by atoms with van der Waals surface area (Å²) in [5.74, 6) is 0. The van der Waals surface area contributed by atoms with E-state index in [1.165, 1.54) is 0 Å². The summed E-state index contributed by atoms with van der Waals surface area (Å²) in [6.45, 7) is 0.615. The maximum Gasteiger partial charge on any atom is 0.0591 e. The fourth-order valence-corrected chi connectivity index (χ4v) is 1.89. The molecule has 2 nitrogen and oxygen atoms in total. The Morgan fingerprint density at radius 3 is 2.59 bits per heavy atom. The summed E-state index contributed by atoms with van der Waals surface area (Å²) in [4.78, 5) is 0. The Balaban J connectivity index is 2.12. The highest BCUT2D eigenvalue weighted by Gasteiger charge is 2.02. The number of nitrogens with two attached hydrogens (primary N) is 1. The molecule has 0 spiro atoms. The van der Waals surface area contributed by atoms with Crippen LogP contribution in [0.1, 0.15) is 5.56 Å². The third kappa shape index (κ3) is 3.05. The molecule has 17 heavy (non-hydrogen) atoms. The molecule has 88 valence electrons. The lowest BCUT2D eigenvalue weighted by Gasteiger charge is -2.10. The topological polar surface area (TPSA) is 38.0 Å². The predicted octanol–water partition coefficient (Wildman–Crippen LogP) is 4.19.